The van der Waals surface area contributed by atoms with Crippen LogP contribution in [0.3, 0.4) is 0 Å². The van der Waals surface area contributed by atoms with Crippen molar-refractivity contribution in [2.24, 2.45) is 4.99 Å². The maximum atomic E-state index is 12.6. The van der Waals surface area contributed by atoms with Crippen molar-refractivity contribution in [3.63, 3.8) is 0 Å². The van der Waals surface area contributed by atoms with Crippen LogP contribution in [0.15, 0.2) is 59.1 Å². The predicted octanol–water partition coefficient (Wildman–Crippen LogP) is 6.80. The average Bonchev–Trinajstić information content (AvgIpc) is 3.14. The molecule has 1 aliphatic rings. The number of carbonyl (C=O) groups is 1. The van der Waals surface area contributed by atoms with Crippen molar-refractivity contribution < 1.29 is 9.53 Å². The Morgan fingerprint density at radius 2 is 1.88 bits per heavy atom. The number of amides is 1. The van der Waals surface area contributed by atoms with Crippen LogP contribution < -0.4 is 10.1 Å². The number of aliphatic imine (C=N–C) groups is 1. The van der Waals surface area contributed by atoms with Crippen LogP contribution in [0.4, 0.5) is 5.00 Å². The fourth-order valence-corrected chi connectivity index (χ4v) is 5.10. The fourth-order valence-electron chi connectivity index (χ4n) is 3.78. The molecule has 2 heterocycles. The summed E-state index contributed by atoms with van der Waals surface area (Å²) in [4.78, 5) is 18.5. The lowest BCUT2D eigenvalue weighted by Gasteiger charge is -2.10. The zero-order chi connectivity index (χ0) is 23.5. The summed E-state index contributed by atoms with van der Waals surface area (Å²) in [7, 11) is 1.61. The maximum Gasteiger partial charge on any atom is 0.249 e. The summed E-state index contributed by atoms with van der Waals surface area (Å²) in [6.07, 6.45) is 3.98. The molecular formula is C27H27ClN2O2S. The number of carbonyl (C=O) groups excluding carboxylic acids is 1. The van der Waals surface area contributed by atoms with Gasteiger partial charge in [0, 0.05) is 16.0 Å². The first-order valence-electron chi connectivity index (χ1n) is 10.9. The smallest absolute Gasteiger partial charge is 0.249 e. The number of nitrogens with zero attached hydrogens (tertiary/aromatic N) is 1. The van der Waals surface area contributed by atoms with Gasteiger partial charge in [-0.1, -0.05) is 47.5 Å². The lowest BCUT2D eigenvalue weighted by molar-refractivity contribution is -0.116. The molecule has 33 heavy (non-hydrogen) atoms. The minimum atomic E-state index is -0.499. The van der Waals surface area contributed by atoms with Gasteiger partial charge in [0.2, 0.25) is 5.91 Å². The molecule has 1 unspecified atom stereocenters. The number of rotatable bonds is 6. The zero-order valence-electron chi connectivity index (χ0n) is 19.2. The SMILES string of the molecule is COc1ccc(C2=NC(C)C(=O)Nc3sc(CCc4ccc(C=C(C)C)cc4)cc32)c(Cl)c1. The van der Waals surface area contributed by atoms with E-state index < -0.39 is 6.04 Å². The number of methoxy groups -OCH3 is 1. The Bertz CT molecular complexity index is 1240. The number of thiophene rings is 1. The Labute approximate surface area is 204 Å². The van der Waals surface area contributed by atoms with E-state index in [9.17, 15) is 4.79 Å². The zero-order valence-corrected chi connectivity index (χ0v) is 20.8. The van der Waals surface area contributed by atoms with Crippen molar-refractivity contribution in [2.75, 3.05) is 12.4 Å². The first-order valence-corrected chi connectivity index (χ1v) is 12.1. The summed E-state index contributed by atoms with van der Waals surface area (Å²) in [5, 5.41) is 4.42. The summed E-state index contributed by atoms with van der Waals surface area (Å²) in [5.74, 6) is 0.571. The van der Waals surface area contributed by atoms with E-state index in [1.165, 1.54) is 21.6 Å². The molecule has 0 bridgehead atoms. The highest BCUT2D eigenvalue weighted by atomic mass is 35.5. The number of aryl methyl sites for hydroxylation is 2. The van der Waals surface area contributed by atoms with Gasteiger partial charge < -0.3 is 10.1 Å². The summed E-state index contributed by atoms with van der Waals surface area (Å²) in [5.41, 5.74) is 6.23. The molecule has 3 aromatic rings. The highest BCUT2D eigenvalue weighted by Crippen LogP contribution is 2.35. The third kappa shape index (κ3) is 5.37. The third-order valence-electron chi connectivity index (χ3n) is 5.50. The number of hydrogen-bond donors (Lipinski definition) is 1. The maximum absolute atomic E-state index is 12.6. The lowest BCUT2D eigenvalue weighted by atomic mass is 10.0. The van der Waals surface area contributed by atoms with E-state index in [0.717, 1.165) is 34.7 Å². The molecule has 1 aliphatic heterocycles. The number of benzene rings is 2. The van der Waals surface area contributed by atoms with Crippen molar-refractivity contribution >= 4 is 45.6 Å². The van der Waals surface area contributed by atoms with E-state index in [0.29, 0.717) is 10.8 Å². The fraction of sp³-hybridized carbons (Fsp3) is 0.259. The monoisotopic (exact) mass is 478 g/mol. The van der Waals surface area contributed by atoms with Crippen molar-refractivity contribution in [3.8, 4) is 5.75 Å². The molecule has 170 valence electrons. The van der Waals surface area contributed by atoms with Crippen molar-refractivity contribution in [2.45, 2.75) is 39.7 Å². The number of allylic oxidation sites excluding steroid dienone is 1. The summed E-state index contributed by atoms with van der Waals surface area (Å²) < 4.78 is 5.28. The predicted molar refractivity (Wildman–Crippen MR) is 139 cm³/mol. The van der Waals surface area contributed by atoms with E-state index in [1.807, 2.05) is 12.1 Å². The Kier molecular flexibility index (Phi) is 7.01. The van der Waals surface area contributed by atoms with Gasteiger partial charge in [-0.25, -0.2) is 0 Å². The second kappa shape index (κ2) is 9.94. The Balaban J connectivity index is 1.61. The number of anilines is 1. The third-order valence-corrected chi connectivity index (χ3v) is 6.93. The molecule has 4 nitrogen and oxygen atoms in total. The van der Waals surface area contributed by atoms with E-state index in [-0.39, 0.29) is 5.91 Å². The Hall–Kier alpha value is -2.89. The molecule has 0 saturated heterocycles. The standard InChI is InChI=1S/C27H27ClN2O2S/c1-16(2)13-19-7-5-18(6-8-19)9-11-21-15-23-25(22-12-10-20(32-4)14-24(22)28)29-17(3)26(31)30-27(23)33-21/h5-8,10,12-15,17H,9,11H2,1-4H3,(H,30,31). The Morgan fingerprint density at radius 1 is 1.12 bits per heavy atom. The van der Waals surface area contributed by atoms with Gasteiger partial charge in [-0.3, -0.25) is 9.79 Å². The molecule has 0 radical (unpaired) electrons. The molecule has 1 amide bonds. The molecule has 4 rings (SSSR count). The van der Waals surface area contributed by atoms with Gasteiger partial charge in [0.05, 0.1) is 17.8 Å². The van der Waals surface area contributed by atoms with Gasteiger partial charge in [-0.15, -0.1) is 11.3 Å². The minimum absolute atomic E-state index is 0.112. The van der Waals surface area contributed by atoms with Crippen LogP contribution in [0, 0.1) is 0 Å². The van der Waals surface area contributed by atoms with Crippen LogP contribution in [0.25, 0.3) is 6.08 Å². The minimum Gasteiger partial charge on any atom is -0.497 e. The molecule has 0 saturated carbocycles. The highest BCUT2D eigenvalue weighted by Gasteiger charge is 2.26. The van der Waals surface area contributed by atoms with Crippen LogP contribution >= 0.6 is 22.9 Å². The van der Waals surface area contributed by atoms with E-state index >= 15 is 0 Å². The van der Waals surface area contributed by atoms with Gasteiger partial charge in [0.25, 0.3) is 0 Å². The van der Waals surface area contributed by atoms with Crippen LogP contribution in [-0.4, -0.2) is 24.8 Å². The largest absolute Gasteiger partial charge is 0.497 e. The van der Waals surface area contributed by atoms with Crippen molar-refractivity contribution in [3.05, 3.63) is 86.3 Å². The second-order valence-corrected chi connectivity index (χ2v) is 9.95. The molecular weight excluding hydrogens is 452 g/mol. The molecule has 1 N–H and O–H groups in total. The molecule has 6 heteroatoms. The Morgan fingerprint density at radius 3 is 2.55 bits per heavy atom. The van der Waals surface area contributed by atoms with Gasteiger partial charge in [-0.2, -0.15) is 0 Å². The van der Waals surface area contributed by atoms with Crippen molar-refractivity contribution in [1.29, 1.82) is 0 Å². The van der Waals surface area contributed by atoms with E-state index in [2.05, 4.69) is 55.6 Å². The first-order chi connectivity index (χ1) is 15.8. The molecule has 1 atom stereocenters. The number of halogens is 1. The molecule has 2 aromatic carbocycles. The first kappa shape index (κ1) is 23.3. The van der Waals surface area contributed by atoms with E-state index in [4.69, 9.17) is 21.3 Å². The van der Waals surface area contributed by atoms with Crippen LogP contribution in [0.2, 0.25) is 5.02 Å². The van der Waals surface area contributed by atoms with Gasteiger partial charge in [0.1, 0.15) is 16.8 Å². The van der Waals surface area contributed by atoms with Crippen LogP contribution in [-0.2, 0) is 17.6 Å². The summed E-state index contributed by atoms with van der Waals surface area (Å²) in [6, 6.07) is 15.8. The van der Waals surface area contributed by atoms with Crippen LogP contribution in [0.1, 0.15) is 47.9 Å². The second-order valence-electron chi connectivity index (χ2n) is 8.41. The van der Waals surface area contributed by atoms with Gasteiger partial charge in [-0.05, 0) is 69.0 Å². The molecule has 0 aliphatic carbocycles. The highest BCUT2D eigenvalue weighted by molar-refractivity contribution is 7.16. The average molecular weight is 479 g/mol. The number of ether oxygens (including phenoxy) is 1. The van der Waals surface area contributed by atoms with Crippen molar-refractivity contribution in [1.82, 2.24) is 0 Å². The molecule has 0 fully saturated rings. The lowest BCUT2D eigenvalue weighted by Crippen LogP contribution is -2.22. The molecule has 0 spiro atoms. The summed E-state index contributed by atoms with van der Waals surface area (Å²) >= 11 is 8.18. The topological polar surface area (TPSA) is 50.7 Å². The summed E-state index contributed by atoms with van der Waals surface area (Å²) in [6.45, 7) is 6.00. The number of nitrogens with one attached hydrogen (secondary N) is 1. The molecule has 1 aromatic heterocycles. The normalized spacial score (nSPS) is 15.2. The quantitative estimate of drug-likeness (QED) is 0.423. The van der Waals surface area contributed by atoms with Crippen LogP contribution in [0.5, 0.6) is 5.75 Å². The van der Waals surface area contributed by atoms with E-state index in [1.54, 1.807) is 31.4 Å². The van der Waals surface area contributed by atoms with Gasteiger partial charge in [0.15, 0.2) is 0 Å². The number of fused-ring (bicyclic) bond motifs is 1. The van der Waals surface area contributed by atoms with Gasteiger partial charge >= 0.3 is 0 Å². The number of hydrogen-bond acceptors (Lipinski definition) is 4.